The lowest BCUT2D eigenvalue weighted by molar-refractivity contribution is -0.129. The predicted octanol–water partition coefficient (Wildman–Crippen LogP) is 5.64. The number of benzene rings is 3. The molecule has 0 unspecified atom stereocenters. The van der Waals surface area contributed by atoms with Crippen LogP contribution in [-0.4, -0.2) is 35.7 Å². The Morgan fingerprint density at radius 1 is 1.16 bits per heavy atom. The van der Waals surface area contributed by atoms with Crippen LogP contribution in [0.15, 0.2) is 88.9 Å². The molecule has 1 aliphatic heterocycles. The monoisotopic (exact) mass is 584 g/mol. The minimum absolute atomic E-state index is 0.0431. The van der Waals surface area contributed by atoms with E-state index in [-0.39, 0.29) is 31.0 Å². The molecule has 3 aromatic carbocycles. The van der Waals surface area contributed by atoms with Gasteiger partial charge < -0.3 is 19.9 Å². The number of hydrogen-bond donors (Lipinski definition) is 2. The number of nitrogens with one attached hydrogen (secondary N) is 1. The molecule has 6 nitrogen and oxygen atoms in total. The molecule has 38 heavy (non-hydrogen) atoms. The molecule has 0 aliphatic carbocycles. The van der Waals surface area contributed by atoms with Gasteiger partial charge in [-0.3, -0.25) is 4.79 Å². The number of rotatable bonds is 11. The normalized spacial score (nSPS) is 18.4. The summed E-state index contributed by atoms with van der Waals surface area (Å²) >= 11 is 3.43. The van der Waals surface area contributed by atoms with E-state index in [1.54, 1.807) is 30.3 Å². The van der Waals surface area contributed by atoms with Crippen molar-refractivity contribution in [3.8, 4) is 5.75 Å². The maximum Gasteiger partial charge on any atom is 0.252 e. The standard InChI is InChI=1S/C29H27BrF2N2O4/c1-2-14-29(28(36)33-18-21-6-11-23(31)17-25(21)32)26(19-4-9-22(30)10-5-19)38-27(34-29)20-7-12-24(13-8-20)37-16-3-15-35/h2,4-13,17,26,35H,1,3,14-16,18H2,(H,33,36)/t26-,29-/m1/s1. The molecule has 0 saturated heterocycles. The largest absolute Gasteiger partial charge is 0.494 e. The Labute approximate surface area is 228 Å². The van der Waals surface area contributed by atoms with E-state index in [4.69, 9.17) is 19.6 Å². The molecule has 0 fully saturated rings. The lowest BCUT2D eigenvalue weighted by Gasteiger charge is -2.29. The number of amides is 1. The van der Waals surface area contributed by atoms with Crippen molar-refractivity contribution in [3.63, 3.8) is 0 Å². The Bertz CT molecular complexity index is 1320. The molecule has 4 rings (SSSR count). The highest BCUT2D eigenvalue weighted by molar-refractivity contribution is 9.10. The first-order valence-electron chi connectivity index (χ1n) is 12.1. The summed E-state index contributed by atoms with van der Waals surface area (Å²) in [5, 5.41) is 11.7. The van der Waals surface area contributed by atoms with Gasteiger partial charge in [0.05, 0.1) is 6.61 Å². The van der Waals surface area contributed by atoms with E-state index in [9.17, 15) is 13.6 Å². The van der Waals surface area contributed by atoms with E-state index >= 15 is 0 Å². The van der Waals surface area contributed by atoms with Gasteiger partial charge in [-0.05, 0) is 48.0 Å². The fourth-order valence-electron chi connectivity index (χ4n) is 4.17. The van der Waals surface area contributed by atoms with Crippen LogP contribution in [0.3, 0.4) is 0 Å². The number of hydrogen-bond acceptors (Lipinski definition) is 5. The first-order valence-corrected chi connectivity index (χ1v) is 12.8. The van der Waals surface area contributed by atoms with Gasteiger partial charge in [-0.15, -0.1) is 6.58 Å². The molecule has 0 aromatic heterocycles. The van der Waals surface area contributed by atoms with Crippen LogP contribution in [0.4, 0.5) is 8.78 Å². The summed E-state index contributed by atoms with van der Waals surface area (Å²) in [7, 11) is 0. The highest BCUT2D eigenvalue weighted by Gasteiger charge is 2.52. The number of halogens is 3. The van der Waals surface area contributed by atoms with E-state index in [1.807, 2.05) is 24.3 Å². The molecule has 0 saturated carbocycles. The zero-order valence-corrected chi connectivity index (χ0v) is 22.1. The molecule has 3 aromatic rings. The van der Waals surface area contributed by atoms with Crippen LogP contribution in [-0.2, 0) is 16.1 Å². The second-order valence-electron chi connectivity index (χ2n) is 8.75. The smallest absolute Gasteiger partial charge is 0.252 e. The van der Waals surface area contributed by atoms with Crippen LogP contribution in [0.5, 0.6) is 5.75 Å². The number of carbonyl (C=O) groups excluding carboxylic acids is 1. The Morgan fingerprint density at radius 3 is 2.55 bits per heavy atom. The fraction of sp³-hybridized carbons (Fsp3) is 0.241. The molecular weight excluding hydrogens is 558 g/mol. The topological polar surface area (TPSA) is 80.2 Å². The fourth-order valence-corrected chi connectivity index (χ4v) is 4.43. The van der Waals surface area contributed by atoms with Gasteiger partial charge in [0.15, 0.2) is 11.6 Å². The summed E-state index contributed by atoms with van der Waals surface area (Å²) in [5.41, 5.74) is 0.0944. The van der Waals surface area contributed by atoms with Crippen LogP contribution in [0, 0.1) is 11.6 Å². The maximum atomic E-state index is 14.2. The van der Waals surface area contributed by atoms with E-state index < -0.39 is 29.2 Å². The number of aliphatic hydroxyl groups is 1. The molecule has 198 valence electrons. The van der Waals surface area contributed by atoms with Gasteiger partial charge >= 0.3 is 0 Å². The Morgan fingerprint density at radius 2 is 1.89 bits per heavy atom. The summed E-state index contributed by atoms with van der Waals surface area (Å²) in [5.74, 6) is -1.03. The molecule has 2 N–H and O–H groups in total. The third-order valence-corrected chi connectivity index (χ3v) is 6.64. The van der Waals surface area contributed by atoms with Crippen molar-refractivity contribution >= 4 is 27.7 Å². The number of ether oxygens (including phenoxy) is 2. The number of aliphatic hydroxyl groups excluding tert-OH is 1. The maximum absolute atomic E-state index is 14.2. The van der Waals surface area contributed by atoms with Crippen molar-refractivity contribution in [3.05, 3.63) is 112 Å². The molecule has 0 bridgehead atoms. The van der Waals surface area contributed by atoms with Crippen LogP contribution in [0.2, 0.25) is 0 Å². The third kappa shape index (κ3) is 6.11. The van der Waals surface area contributed by atoms with E-state index in [0.717, 1.165) is 22.2 Å². The second kappa shape index (κ2) is 12.3. The third-order valence-electron chi connectivity index (χ3n) is 6.11. The number of aliphatic imine (C=N–C) groups is 1. The molecule has 1 aliphatic rings. The van der Waals surface area contributed by atoms with E-state index in [2.05, 4.69) is 27.8 Å². The summed E-state index contributed by atoms with van der Waals surface area (Å²) < 4.78 is 40.3. The lowest BCUT2D eigenvalue weighted by atomic mass is 9.84. The first-order chi connectivity index (χ1) is 18.4. The van der Waals surface area contributed by atoms with Crippen LogP contribution < -0.4 is 10.1 Å². The minimum atomic E-state index is -1.42. The van der Waals surface area contributed by atoms with Gasteiger partial charge in [0.25, 0.3) is 5.91 Å². The van der Waals surface area contributed by atoms with Crippen molar-refractivity contribution in [2.45, 2.75) is 31.0 Å². The first kappa shape index (κ1) is 27.5. The number of carbonyl (C=O) groups is 1. The summed E-state index contributed by atoms with van der Waals surface area (Å²) in [6.07, 6.45) is 1.48. The Balaban J connectivity index is 1.66. The van der Waals surface area contributed by atoms with Gasteiger partial charge in [-0.1, -0.05) is 40.2 Å². The van der Waals surface area contributed by atoms with Crippen LogP contribution in [0.25, 0.3) is 0 Å². The molecular formula is C29H27BrF2N2O4. The van der Waals surface area contributed by atoms with E-state index in [1.165, 1.54) is 6.07 Å². The minimum Gasteiger partial charge on any atom is -0.494 e. The van der Waals surface area contributed by atoms with Gasteiger partial charge in [0, 0.05) is 47.7 Å². The molecule has 0 spiro atoms. The summed E-state index contributed by atoms with van der Waals surface area (Å²) in [4.78, 5) is 18.5. The zero-order valence-electron chi connectivity index (χ0n) is 20.5. The van der Waals surface area contributed by atoms with Gasteiger partial charge in [0.2, 0.25) is 5.90 Å². The highest BCUT2D eigenvalue weighted by atomic mass is 79.9. The summed E-state index contributed by atoms with van der Waals surface area (Å²) in [6.45, 7) is 4.11. The second-order valence-corrected chi connectivity index (χ2v) is 9.67. The highest BCUT2D eigenvalue weighted by Crippen LogP contribution is 2.43. The Kier molecular flexibility index (Phi) is 8.91. The number of nitrogens with zero attached hydrogens (tertiary/aromatic N) is 1. The van der Waals surface area contributed by atoms with E-state index in [0.29, 0.717) is 24.3 Å². The van der Waals surface area contributed by atoms with Crippen molar-refractivity contribution in [2.24, 2.45) is 4.99 Å². The molecule has 9 heteroatoms. The van der Waals surface area contributed by atoms with Crippen molar-refractivity contribution in [1.29, 1.82) is 0 Å². The average molecular weight is 585 g/mol. The van der Waals surface area contributed by atoms with Gasteiger partial charge in [-0.25, -0.2) is 13.8 Å². The molecule has 1 heterocycles. The van der Waals surface area contributed by atoms with Crippen LogP contribution >= 0.6 is 15.9 Å². The van der Waals surface area contributed by atoms with Crippen molar-refractivity contribution < 1.29 is 28.2 Å². The van der Waals surface area contributed by atoms with Crippen molar-refractivity contribution in [1.82, 2.24) is 5.32 Å². The molecule has 2 atom stereocenters. The quantitative estimate of drug-likeness (QED) is 0.226. The SMILES string of the molecule is C=CC[C@@]1(C(=O)NCc2ccc(F)cc2F)N=C(c2ccc(OCCCO)cc2)O[C@@H]1c1ccc(Br)cc1. The van der Waals surface area contributed by atoms with Gasteiger partial charge in [-0.2, -0.15) is 0 Å². The summed E-state index contributed by atoms with van der Waals surface area (Å²) in [6, 6.07) is 17.7. The zero-order chi connectivity index (χ0) is 27.1. The average Bonchev–Trinajstić information content (AvgIpc) is 3.30. The molecule has 0 radical (unpaired) electrons. The van der Waals surface area contributed by atoms with Crippen LogP contribution in [0.1, 0.15) is 35.6 Å². The van der Waals surface area contributed by atoms with Crippen molar-refractivity contribution in [2.75, 3.05) is 13.2 Å². The molecule has 1 amide bonds. The lowest BCUT2D eigenvalue weighted by Crippen LogP contribution is -2.47. The predicted molar refractivity (Wildman–Crippen MR) is 144 cm³/mol. The van der Waals surface area contributed by atoms with Gasteiger partial charge in [0.1, 0.15) is 17.4 Å². The Hall–Kier alpha value is -3.56.